The van der Waals surface area contributed by atoms with Gasteiger partial charge in [0.1, 0.15) is 0 Å². The van der Waals surface area contributed by atoms with Gasteiger partial charge in [0.15, 0.2) is 0 Å². The Morgan fingerprint density at radius 3 is 2.86 bits per heavy atom. The quantitative estimate of drug-likeness (QED) is 0.616. The Kier molecular flexibility index (Phi) is 3.70. The van der Waals surface area contributed by atoms with E-state index in [0.717, 1.165) is 6.54 Å². The molecule has 2 N–H and O–H groups in total. The number of rotatable bonds is 3. The molecule has 1 aliphatic rings. The molecule has 0 unspecified atom stereocenters. The maximum Gasteiger partial charge on any atom is 0.404 e. The Morgan fingerprint density at radius 2 is 2.29 bits per heavy atom. The van der Waals surface area contributed by atoms with Gasteiger partial charge in [-0.3, -0.25) is 9.69 Å². The number of hydrogen-bond donors (Lipinski definition) is 2. The van der Waals surface area contributed by atoms with Crippen LogP contribution in [-0.2, 0) is 4.79 Å². The van der Waals surface area contributed by atoms with Crippen LogP contribution in [0.5, 0.6) is 0 Å². The van der Waals surface area contributed by atoms with Gasteiger partial charge in [-0.15, -0.1) is 0 Å². The summed E-state index contributed by atoms with van der Waals surface area (Å²) < 4.78 is 0. The fourth-order valence-corrected chi connectivity index (χ4v) is 1.36. The monoisotopic (exact) mass is 201 g/mol. The second-order valence-electron chi connectivity index (χ2n) is 3.35. The number of hydrogen-bond acceptors (Lipinski definition) is 3. The zero-order valence-corrected chi connectivity index (χ0v) is 8.19. The zero-order valence-electron chi connectivity index (χ0n) is 8.19. The van der Waals surface area contributed by atoms with Crippen molar-refractivity contribution in [1.82, 2.24) is 15.1 Å². The normalized spacial score (nSPS) is 18.4. The van der Waals surface area contributed by atoms with Crippen LogP contribution >= 0.6 is 0 Å². The summed E-state index contributed by atoms with van der Waals surface area (Å²) in [5.74, 6) is 0.0611. The highest BCUT2D eigenvalue weighted by Crippen LogP contribution is 1.99. The molecule has 0 aliphatic carbocycles. The predicted octanol–water partition coefficient (Wildman–Crippen LogP) is -0.972. The molecule has 1 saturated heterocycles. The van der Waals surface area contributed by atoms with Crippen LogP contribution in [0.3, 0.4) is 0 Å². The largest absolute Gasteiger partial charge is 0.465 e. The smallest absolute Gasteiger partial charge is 0.404 e. The van der Waals surface area contributed by atoms with E-state index in [9.17, 15) is 9.59 Å². The fourth-order valence-electron chi connectivity index (χ4n) is 1.36. The number of likely N-dealkylation sites (N-methyl/N-ethyl adjacent to an activating group) is 1. The molecule has 1 fully saturated rings. The second kappa shape index (κ2) is 4.80. The van der Waals surface area contributed by atoms with Crippen LogP contribution < -0.4 is 5.32 Å². The van der Waals surface area contributed by atoms with Gasteiger partial charge in [0.25, 0.3) is 0 Å². The number of nitrogens with one attached hydrogen (secondary N) is 1. The third kappa shape index (κ3) is 3.21. The molecular formula is C8H15N3O3. The van der Waals surface area contributed by atoms with Gasteiger partial charge in [-0.25, -0.2) is 4.79 Å². The minimum absolute atomic E-state index is 0.0611. The topological polar surface area (TPSA) is 72.9 Å². The number of amides is 2. The molecule has 6 heteroatoms. The van der Waals surface area contributed by atoms with Crippen molar-refractivity contribution in [2.24, 2.45) is 0 Å². The van der Waals surface area contributed by atoms with E-state index in [1.165, 1.54) is 0 Å². The molecule has 2 amide bonds. The van der Waals surface area contributed by atoms with Gasteiger partial charge in [-0.05, 0) is 7.05 Å². The summed E-state index contributed by atoms with van der Waals surface area (Å²) in [5, 5.41) is 10.6. The molecule has 80 valence electrons. The lowest BCUT2D eigenvalue weighted by molar-refractivity contribution is -0.135. The average Bonchev–Trinajstić information content (AvgIpc) is 2.08. The molecule has 1 heterocycles. The summed E-state index contributed by atoms with van der Waals surface area (Å²) in [7, 11) is 1.89. The predicted molar refractivity (Wildman–Crippen MR) is 50.1 cm³/mol. The SMILES string of the molecule is CN1CCN(CCNC(=O)O)C(=O)C1. The number of carbonyl (C=O) groups excluding carboxylic acids is 1. The summed E-state index contributed by atoms with van der Waals surface area (Å²) in [6, 6.07) is 0. The van der Waals surface area contributed by atoms with Crippen molar-refractivity contribution in [2.45, 2.75) is 0 Å². The summed E-state index contributed by atoms with van der Waals surface area (Å²) in [4.78, 5) is 25.2. The lowest BCUT2D eigenvalue weighted by atomic mass is 10.3. The van der Waals surface area contributed by atoms with Crippen molar-refractivity contribution in [2.75, 3.05) is 39.8 Å². The van der Waals surface area contributed by atoms with Crippen LogP contribution in [0.4, 0.5) is 4.79 Å². The molecule has 0 aromatic rings. The molecule has 0 spiro atoms. The third-order valence-corrected chi connectivity index (χ3v) is 2.17. The maximum absolute atomic E-state index is 11.4. The van der Waals surface area contributed by atoms with Gasteiger partial charge in [-0.1, -0.05) is 0 Å². The summed E-state index contributed by atoms with van der Waals surface area (Å²) in [6.07, 6.45) is -1.05. The Balaban J connectivity index is 2.24. The van der Waals surface area contributed by atoms with E-state index in [-0.39, 0.29) is 5.91 Å². The second-order valence-corrected chi connectivity index (χ2v) is 3.35. The molecule has 0 aromatic carbocycles. The summed E-state index contributed by atoms with van der Waals surface area (Å²) in [5.41, 5.74) is 0. The van der Waals surface area contributed by atoms with Gasteiger partial charge >= 0.3 is 6.09 Å². The standard InChI is InChI=1S/C8H15N3O3/c1-10-4-5-11(7(12)6-10)3-2-9-8(13)14/h9H,2-6H2,1H3,(H,13,14). The van der Waals surface area contributed by atoms with E-state index in [0.29, 0.717) is 26.2 Å². The molecular weight excluding hydrogens is 186 g/mol. The molecule has 1 aliphatic heterocycles. The molecule has 0 bridgehead atoms. The third-order valence-electron chi connectivity index (χ3n) is 2.17. The molecule has 0 radical (unpaired) electrons. The minimum Gasteiger partial charge on any atom is -0.465 e. The van der Waals surface area contributed by atoms with Gasteiger partial charge in [0.2, 0.25) is 5.91 Å². The van der Waals surface area contributed by atoms with E-state index >= 15 is 0 Å². The summed E-state index contributed by atoms with van der Waals surface area (Å²) in [6.45, 7) is 2.70. The Labute approximate surface area is 82.5 Å². The highest BCUT2D eigenvalue weighted by Gasteiger charge is 2.20. The van der Waals surface area contributed by atoms with Crippen molar-refractivity contribution in [3.8, 4) is 0 Å². The number of carboxylic acid groups (broad SMARTS) is 1. The van der Waals surface area contributed by atoms with Crippen molar-refractivity contribution >= 4 is 12.0 Å². The van der Waals surface area contributed by atoms with E-state index in [2.05, 4.69) is 5.32 Å². The number of piperazine rings is 1. The minimum atomic E-state index is -1.05. The van der Waals surface area contributed by atoms with Crippen LogP contribution in [0.25, 0.3) is 0 Å². The molecule has 0 atom stereocenters. The fraction of sp³-hybridized carbons (Fsp3) is 0.750. The highest BCUT2D eigenvalue weighted by atomic mass is 16.4. The first kappa shape index (κ1) is 10.8. The molecule has 1 rings (SSSR count). The van der Waals surface area contributed by atoms with Crippen LogP contribution in [0.15, 0.2) is 0 Å². The first-order valence-corrected chi connectivity index (χ1v) is 4.52. The average molecular weight is 201 g/mol. The van der Waals surface area contributed by atoms with Crippen LogP contribution in [0.2, 0.25) is 0 Å². The lowest BCUT2D eigenvalue weighted by Gasteiger charge is -2.31. The van der Waals surface area contributed by atoms with E-state index < -0.39 is 6.09 Å². The van der Waals surface area contributed by atoms with E-state index in [1.54, 1.807) is 4.90 Å². The molecule has 0 aromatic heterocycles. The van der Waals surface area contributed by atoms with Gasteiger partial charge in [0.05, 0.1) is 6.54 Å². The summed E-state index contributed by atoms with van der Waals surface area (Å²) >= 11 is 0. The van der Waals surface area contributed by atoms with Gasteiger partial charge in [0, 0.05) is 26.2 Å². The Morgan fingerprint density at radius 1 is 1.57 bits per heavy atom. The Hall–Kier alpha value is -1.30. The van der Waals surface area contributed by atoms with E-state index in [4.69, 9.17) is 5.11 Å². The van der Waals surface area contributed by atoms with Crippen molar-refractivity contribution < 1.29 is 14.7 Å². The number of nitrogens with zero attached hydrogens (tertiary/aromatic N) is 2. The van der Waals surface area contributed by atoms with E-state index in [1.807, 2.05) is 11.9 Å². The molecule has 6 nitrogen and oxygen atoms in total. The lowest BCUT2D eigenvalue weighted by Crippen LogP contribution is -2.50. The van der Waals surface area contributed by atoms with Gasteiger partial charge < -0.3 is 15.3 Å². The van der Waals surface area contributed by atoms with Gasteiger partial charge in [-0.2, -0.15) is 0 Å². The molecule has 0 saturated carbocycles. The van der Waals surface area contributed by atoms with Crippen LogP contribution in [-0.4, -0.2) is 66.7 Å². The van der Waals surface area contributed by atoms with Crippen molar-refractivity contribution in [3.63, 3.8) is 0 Å². The van der Waals surface area contributed by atoms with Crippen LogP contribution in [0, 0.1) is 0 Å². The number of carbonyl (C=O) groups is 2. The first-order chi connectivity index (χ1) is 6.59. The van der Waals surface area contributed by atoms with Crippen molar-refractivity contribution in [1.29, 1.82) is 0 Å². The zero-order chi connectivity index (χ0) is 10.6. The molecule has 14 heavy (non-hydrogen) atoms. The first-order valence-electron chi connectivity index (χ1n) is 4.52. The van der Waals surface area contributed by atoms with Crippen LogP contribution in [0.1, 0.15) is 0 Å². The Bertz CT molecular complexity index is 232. The maximum atomic E-state index is 11.4. The van der Waals surface area contributed by atoms with Crippen molar-refractivity contribution in [3.05, 3.63) is 0 Å². The highest BCUT2D eigenvalue weighted by molar-refractivity contribution is 5.79.